The van der Waals surface area contributed by atoms with Gasteiger partial charge >= 0.3 is 12.0 Å². The fraction of sp³-hybridized carbons (Fsp3) is 0.455. The number of aliphatic hydroxyl groups excluding tert-OH is 1. The highest BCUT2D eigenvalue weighted by Gasteiger charge is 2.29. The maximum Gasteiger partial charge on any atom is 0.321 e. The molecule has 2 atom stereocenters. The average Bonchev–Trinajstić information content (AvgIpc) is 2.67. The number of carbonyl (C=O) groups excluding carboxylic acids is 1. The molecule has 1 heterocycles. The van der Waals surface area contributed by atoms with Gasteiger partial charge in [0, 0.05) is 32.9 Å². The largest absolute Gasteiger partial charge is 0.481 e. The van der Waals surface area contributed by atoms with Crippen molar-refractivity contribution in [3.05, 3.63) is 48.0 Å². The molecule has 1 saturated heterocycles. The van der Waals surface area contributed by atoms with E-state index in [1.54, 1.807) is 22.9 Å². The van der Waals surface area contributed by atoms with Crippen molar-refractivity contribution < 1.29 is 19.8 Å². The lowest BCUT2D eigenvalue weighted by Crippen LogP contribution is -2.52. The minimum absolute atomic E-state index is 0.0849. The van der Waals surface area contributed by atoms with Crippen LogP contribution in [0.2, 0.25) is 0 Å². The summed E-state index contributed by atoms with van der Waals surface area (Å²) in [6.07, 6.45) is 5.45. The monoisotopic (exact) mass is 384 g/mol. The van der Waals surface area contributed by atoms with E-state index in [-0.39, 0.29) is 18.5 Å². The number of unbranched alkanes of at least 4 members (excludes halogenated alkanes) is 1. The zero-order valence-electron chi connectivity index (χ0n) is 16.3. The quantitative estimate of drug-likeness (QED) is 0.410. The van der Waals surface area contributed by atoms with Crippen LogP contribution in [0, 0.1) is 11.8 Å². The molecule has 6 nitrogen and oxygen atoms in total. The minimum atomic E-state index is -0.825. The van der Waals surface area contributed by atoms with Gasteiger partial charge in [0.2, 0.25) is 0 Å². The van der Waals surface area contributed by atoms with Crippen molar-refractivity contribution in [1.29, 1.82) is 0 Å². The van der Waals surface area contributed by atoms with Crippen LogP contribution in [0.15, 0.2) is 42.5 Å². The van der Waals surface area contributed by atoms with Crippen molar-refractivity contribution in [1.82, 2.24) is 9.80 Å². The van der Waals surface area contributed by atoms with E-state index >= 15 is 0 Å². The van der Waals surface area contributed by atoms with E-state index in [2.05, 4.69) is 11.8 Å². The Morgan fingerprint density at radius 2 is 2.07 bits per heavy atom. The lowest BCUT2D eigenvalue weighted by Gasteiger charge is -2.37. The van der Waals surface area contributed by atoms with Gasteiger partial charge in [-0.2, -0.15) is 0 Å². The molecule has 1 fully saturated rings. The van der Waals surface area contributed by atoms with E-state index in [1.807, 2.05) is 36.4 Å². The van der Waals surface area contributed by atoms with Crippen LogP contribution in [0.3, 0.4) is 0 Å². The first-order valence-corrected chi connectivity index (χ1v) is 9.57. The van der Waals surface area contributed by atoms with E-state index in [9.17, 15) is 14.7 Å². The van der Waals surface area contributed by atoms with Gasteiger partial charge in [0.15, 0.2) is 0 Å². The fourth-order valence-corrected chi connectivity index (χ4v) is 3.06. The number of rotatable bonds is 8. The second kappa shape index (κ2) is 11.2. The molecule has 2 N–H and O–H groups in total. The van der Waals surface area contributed by atoms with Crippen LogP contribution >= 0.6 is 0 Å². The van der Waals surface area contributed by atoms with Crippen molar-refractivity contribution in [2.45, 2.75) is 44.2 Å². The molecule has 0 spiro atoms. The molecule has 1 aliphatic heterocycles. The third-order valence-corrected chi connectivity index (χ3v) is 4.64. The van der Waals surface area contributed by atoms with E-state index in [4.69, 9.17) is 5.11 Å². The topological polar surface area (TPSA) is 81.1 Å². The zero-order chi connectivity index (χ0) is 20.4. The number of carbonyl (C=O) groups is 2. The summed E-state index contributed by atoms with van der Waals surface area (Å²) in [6, 6.07) is 9.58. The first-order chi connectivity index (χ1) is 13.5. The number of nitrogens with zero attached hydrogens (tertiary/aromatic N) is 2. The number of benzene rings is 1. The smallest absolute Gasteiger partial charge is 0.321 e. The van der Waals surface area contributed by atoms with Gasteiger partial charge in [-0.1, -0.05) is 48.4 Å². The van der Waals surface area contributed by atoms with Gasteiger partial charge in [-0.25, -0.2) is 4.79 Å². The summed E-state index contributed by atoms with van der Waals surface area (Å²) < 4.78 is 0. The van der Waals surface area contributed by atoms with Crippen molar-refractivity contribution >= 4 is 12.0 Å². The van der Waals surface area contributed by atoms with Crippen LogP contribution in [0.5, 0.6) is 0 Å². The lowest BCUT2D eigenvalue weighted by molar-refractivity contribution is -0.137. The summed E-state index contributed by atoms with van der Waals surface area (Å²) in [5.41, 5.74) is 1.06. The second-order valence-corrected chi connectivity index (χ2v) is 6.93. The van der Waals surface area contributed by atoms with E-state index in [0.29, 0.717) is 32.4 Å². The van der Waals surface area contributed by atoms with Gasteiger partial charge in [0.25, 0.3) is 0 Å². The predicted octanol–water partition coefficient (Wildman–Crippen LogP) is 2.53. The molecule has 1 aromatic rings. The number of urea groups is 1. The van der Waals surface area contributed by atoms with Crippen molar-refractivity contribution in [2.24, 2.45) is 0 Å². The SMILES string of the molecule is CN1CC[C@H](C=CC(O)Cc2ccccc2)N(CC#CCCCC(=O)O)C1=O. The lowest BCUT2D eigenvalue weighted by atomic mass is 10.0. The van der Waals surface area contributed by atoms with E-state index < -0.39 is 12.1 Å². The summed E-state index contributed by atoms with van der Waals surface area (Å²) in [5.74, 6) is 5.09. The molecule has 0 bridgehead atoms. The Labute approximate surface area is 166 Å². The standard InChI is InChI=1S/C22H28N2O4/c1-23-16-14-19(12-13-20(25)17-18-9-5-4-6-10-18)24(22(23)28)15-8-3-2-7-11-21(26)27/h4-6,9-10,12-13,19-20,25H,2,7,11,14-17H2,1H3,(H,26,27)/t19-,20?/m0/s1. The number of hydrogen-bond donors (Lipinski definition) is 2. The Balaban J connectivity index is 1.93. The van der Waals surface area contributed by atoms with Gasteiger partial charge in [0.05, 0.1) is 18.7 Å². The van der Waals surface area contributed by atoms with E-state index in [1.165, 1.54) is 0 Å². The highest BCUT2D eigenvalue weighted by atomic mass is 16.4. The van der Waals surface area contributed by atoms with Gasteiger partial charge in [0.1, 0.15) is 0 Å². The maximum absolute atomic E-state index is 12.5. The maximum atomic E-state index is 12.5. The Hall–Kier alpha value is -2.78. The van der Waals surface area contributed by atoms with Gasteiger partial charge in [-0.15, -0.1) is 5.92 Å². The van der Waals surface area contributed by atoms with Crippen molar-refractivity contribution in [2.75, 3.05) is 20.1 Å². The number of carboxylic acids is 1. The van der Waals surface area contributed by atoms with Crippen molar-refractivity contribution in [3.63, 3.8) is 0 Å². The van der Waals surface area contributed by atoms with Crippen LogP contribution in [-0.4, -0.2) is 64.3 Å². The highest BCUT2D eigenvalue weighted by Crippen LogP contribution is 2.16. The summed E-state index contributed by atoms with van der Waals surface area (Å²) in [5, 5.41) is 18.9. The molecular weight excluding hydrogens is 356 g/mol. The molecule has 1 unspecified atom stereocenters. The number of aliphatic carboxylic acids is 1. The van der Waals surface area contributed by atoms with Crippen LogP contribution in [0.1, 0.15) is 31.2 Å². The Bertz CT molecular complexity index is 736. The van der Waals surface area contributed by atoms with Gasteiger partial charge in [-0.05, 0) is 18.4 Å². The number of aliphatic hydroxyl groups is 1. The summed E-state index contributed by atoms with van der Waals surface area (Å²) in [6.45, 7) is 0.950. The molecule has 0 radical (unpaired) electrons. The third-order valence-electron chi connectivity index (χ3n) is 4.64. The predicted molar refractivity (Wildman–Crippen MR) is 108 cm³/mol. The zero-order valence-corrected chi connectivity index (χ0v) is 16.3. The Morgan fingerprint density at radius 1 is 1.32 bits per heavy atom. The number of hydrogen-bond acceptors (Lipinski definition) is 3. The summed E-state index contributed by atoms with van der Waals surface area (Å²) in [7, 11) is 1.76. The average molecular weight is 384 g/mol. The van der Waals surface area contributed by atoms with Crippen LogP contribution in [-0.2, 0) is 11.2 Å². The summed E-state index contributed by atoms with van der Waals surface area (Å²) in [4.78, 5) is 26.4. The highest BCUT2D eigenvalue weighted by molar-refractivity contribution is 5.76. The number of amides is 2. The van der Waals surface area contributed by atoms with Crippen LogP contribution in [0.25, 0.3) is 0 Å². The molecule has 1 aliphatic rings. The molecule has 0 aromatic heterocycles. The number of carboxylic acid groups (broad SMARTS) is 1. The molecule has 6 heteroatoms. The van der Waals surface area contributed by atoms with Crippen molar-refractivity contribution in [3.8, 4) is 11.8 Å². The molecule has 28 heavy (non-hydrogen) atoms. The van der Waals surface area contributed by atoms with E-state index in [0.717, 1.165) is 12.0 Å². The minimum Gasteiger partial charge on any atom is -0.481 e. The first kappa shape index (κ1) is 21.5. The Morgan fingerprint density at radius 3 is 2.79 bits per heavy atom. The van der Waals surface area contributed by atoms with Gasteiger partial charge in [-0.3, -0.25) is 4.79 Å². The molecule has 0 saturated carbocycles. The second-order valence-electron chi connectivity index (χ2n) is 6.93. The molecule has 1 aromatic carbocycles. The molecule has 2 amide bonds. The summed E-state index contributed by atoms with van der Waals surface area (Å²) >= 11 is 0. The van der Waals surface area contributed by atoms with Crippen LogP contribution in [0.4, 0.5) is 4.79 Å². The van der Waals surface area contributed by atoms with Crippen LogP contribution < -0.4 is 0 Å². The molecular formula is C22H28N2O4. The normalized spacial score (nSPS) is 18.1. The Kier molecular flexibility index (Phi) is 8.57. The fourth-order valence-electron chi connectivity index (χ4n) is 3.06. The molecule has 150 valence electrons. The van der Waals surface area contributed by atoms with Gasteiger partial charge < -0.3 is 20.0 Å². The molecule has 0 aliphatic carbocycles. The third kappa shape index (κ3) is 7.09. The molecule has 2 rings (SSSR count). The first-order valence-electron chi connectivity index (χ1n) is 9.57.